The topological polar surface area (TPSA) is 72.0 Å². The number of nitrogens with two attached hydrogens (primary N) is 1. The van der Waals surface area contributed by atoms with E-state index in [-0.39, 0.29) is 16.7 Å². The number of ether oxygens (including phenoxy) is 1. The van der Waals surface area contributed by atoms with Crippen LogP contribution in [0, 0.1) is 5.41 Å². The minimum atomic E-state index is -0.165. The van der Waals surface area contributed by atoms with Gasteiger partial charge in [-0.3, -0.25) is 5.41 Å². The third-order valence-electron chi connectivity index (χ3n) is 2.20. The highest BCUT2D eigenvalue weighted by Crippen LogP contribution is 2.32. The molecule has 1 aromatic heterocycles. The quantitative estimate of drug-likeness (QED) is 0.661. The Labute approximate surface area is 124 Å². The minimum absolute atomic E-state index is 0.132. The molecule has 1 heterocycles. The molecule has 0 atom stereocenters. The van der Waals surface area contributed by atoms with Gasteiger partial charge >= 0.3 is 0 Å². The Morgan fingerprint density at radius 3 is 2.37 bits per heavy atom. The van der Waals surface area contributed by atoms with Crippen LogP contribution in [0.4, 0.5) is 0 Å². The van der Waals surface area contributed by atoms with Gasteiger partial charge in [0.25, 0.3) is 0 Å². The summed E-state index contributed by atoms with van der Waals surface area (Å²) >= 11 is 17.8. The first-order valence-corrected chi connectivity index (χ1v) is 6.23. The number of halogens is 3. The molecule has 2 aromatic rings. The standard InChI is InChI=1S/C12H8Cl3N3O/c13-6-3-7(14)5-8(4-6)19-12-10(15)9(11(16)17)1-2-18-12/h1-5H,(H3,16,17). The third kappa shape index (κ3) is 3.29. The first-order valence-electron chi connectivity index (χ1n) is 5.10. The van der Waals surface area contributed by atoms with E-state index in [1.165, 1.54) is 12.3 Å². The summed E-state index contributed by atoms with van der Waals surface area (Å²) in [4.78, 5) is 3.98. The van der Waals surface area contributed by atoms with Crippen LogP contribution < -0.4 is 10.5 Å². The molecule has 0 saturated heterocycles. The number of nitrogens with one attached hydrogen (secondary N) is 1. The lowest BCUT2D eigenvalue weighted by molar-refractivity contribution is 0.463. The van der Waals surface area contributed by atoms with Gasteiger partial charge in [-0.2, -0.15) is 0 Å². The van der Waals surface area contributed by atoms with E-state index < -0.39 is 0 Å². The van der Waals surface area contributed by atoms with Crippen LogP contribution in [0.1, 0.15) is 5.56 Å². The zero-order chi connectivity index (χ0) is 14.0. The molecule has 0 bridgehead atoms. The molecule has 4 nitrogen and oxygen atoms in total. The Bertz CT molecular complexity index is 626. The van der Waals surface area contributed by atoms with E-state index in [1.807, 2.05) is 0 Å². The van der Waals surface area contributed by atoms with Crippen molar-refractivity contribution < 1.29 is 4.74 Å². The predicted molar refractivity (Wildman–Crippen MR) is 76.8 cm³/mol. The number of pyridine rings is 1. The Hall–Kier alpha value is -1.49. The molecule has 0 fully saturated rings. The molecule has 0 amide bonds. The smallest absolute Gasteiger partial charge is 0.238 e. The summed E-state index contributed by atoms with van der Waals surface area (Å²) in [6.07, 6.45) is 1.45. The number of amidine groups is 1. The second-order valence-electron chi connectivity index (χ2n) is 3.60. The maximum Gasteiger partial charge on any atom is 0.238 e. The normalized spacial score (nSPS) is 10.3. The molecule has 19 heavy (non-hydrogen) atoms. The van der Waals surface area contributed by atoms with Crippen molar-refractivity contribution in [2.24, 2.45) is 5.73 Å². The van der Waals surface area contributed by atoms with E-state index in [9.17, 15) is 0 Å². The van der Waals surface area contributed by atoms with Gasteiger partial charge in [0, 0.05) is 21.8 Å². The number of benzene rings is 1. The van der Waals surface area contributed by atoms with Crippen LogP contribution in [0.2, 0.25) is 15.1 Å². The molecule has 0 saturated carbocycles. The molecule has 98 valence electrons. The van der Waals surface area contributed by atoms with Gasteiger partial charge in [0.15, 0.2) is 0 Å². The molecular weight excluding hydrogens is 309 g/mol. The van der Waals surface area contributed by atoms with Crippen LogP contribution in [0.25, 0.3) is 0 Å². The lowest BCUT2D eigenvalue weighted by atomic mass is 10.2. The van der Waals surface area contributed by atoms with Gasteiger partial charge in [-0.05, 0) is 24.3 Å². The largest absolute Gasteiger partial charge is 0.437 e. The number of aromatic nitrogens is 1. The lowest BCUT2D eigenvalue weighted by Crippen LogP contribution is -2.12. The average Bonchev–Trinajstić information content (AvgIpc) is 2.30. The second kappa shape index (κ2) is 5.65. The Kier molecular flexibility index (Phi) is 4.14. The summed E-state index contributed by atoms with van der Waals surface area (Å²) in [5.74, 6) is 0.363. The number of hydrogen-bond acceptors (Lipinski definition) is 3. The lowest BCUT2D eigenvalue weighted by Gasteiger charge is -2.09. The molecule has 3 N–H and O–H groups in total. The summed E-state index contributed by atoms with van der Waals surface area (Å²) in [6, 6.07) is 6.26. The average molecular weight is 317 g/mol. The summed E-state index contributed by atoms with van der Waals surface area (Å²) in [5, 5.41) is 8.41. The van der Waals surface area contributed by atoms with E-state index in [0.717, 1.165) is 0 Å². The molecular formula is C12H8Cl3N3O. The molecule has 0 aliphatic carbocycles. The monoisotopic (exact) mass is 315 g/mol. The summed E-state index contributed by atoms with van der Waals surface area (Å²) in [6.45, 7) is 0. The Balaban J connectivity index is 2.38. The van der Waals surface area contributed by atoms with Crippen molar-refractivity contribution in [1.29, 1.82) is 5.41 Å². The summed E-state index contributed by atoms with van der Waals surface area (Å²) in [7, 11) is 0. The first-order chi connectivity index (χ1) is 8.97. The second-order valence-corrected chi connectivity index (χ2v) is 4.85. The minimum Gasteiger partial charge on any atom is -0.437 e. The van der Waals surface area contributed by atoms with Crippen molar-refractivity contribution in [2.75, 3.05) is 0 Å². The maximum absolute atomic E-state index is 7.39. The Morgan fingerprint density at radius 1 is 1.16 bits per heavy atom. The predicted octanol–water partition coefficient (Wildman–Crippen LogP) is 4.12. The van der Waals surface area contributed by atoms with Crippen molar-refractivity contribution in [1.82, 2.24) is 4.98 Å². The first kappa shape index (κ1) is 13.9. The Morgan fingerprint density at radius 2 is 1.79 bits per heavy atom. The summed E-state index contributed by atoms with van der Waals surface area (Å²) in [5.41, 5.74) is 5.75. The zero-order valence-corrected chi connectivity index (χ0v) is 11.7. The fraction of sp³-hybridized carbons (Fsp3) is 0. The number of nitrogens with zero attached hydrogens (tertiary/aromatic N) is 1. The molecule has 0 aliphatic heterocycles. The highest BCUT2D eigenvalue weighted by atomic mass is 35.5. The fourth-order valence-electron chi connectivity index (χ4n) is 1.40. The summed E-state index contributed by atoms with van der Waals surface area (Å²) < 4.78 is 5.50. The van der Waals surface area contributed by atoms with Crippen LogP contribution >= 0.6 is 34.8 Å². The van der Waals surface area contributed by atoms with Gasteiger partial charge in [-0.1, -0.05) is 34.8 Å². The van der Waals surface area contributed by atoms with E-state index >= 15 is 0 Å². The number of hydrogen-bond donors (Lipinski definition) is 2. The van der Waals surface area contributed by atoms with Crippen LogP contribution in [0.5, 0.6) is 11.6 Å². The van der Waals surface area contributed by atoms with Gasteiger partial charge < -0.3 is 10.5 Å². The van der Waals surface area contributed by atoms with Gasteiger partial charge in [-0.25, -0.2) is 4.98 Å². The molecule has 7 heteroatoms. The van der Waals surface area contributed by atoms with Crippen molar-refractivity contribution in [3.8, 4) is 11.6 Å². The maximum atomic E-state index is 7.39. The van der Waals surface area contributed by atoms with Gasteiger partial charge in [-0.15, -0.1) is 0 Å². The number of nitrogen functional groups attached to an aromatic ring is 1. The van der Waals surface area contributed by atoms with E-state index in [1.54, 1.807) is 18.2 Å². The van der Waals surface area contributed by atoms with Crippen LogP contribution in [0.15, 0.2) is 30.5 Å². The van der Waals surface area contributed by atoms with Gasteiger partial charge in [0.1, 0.15) is 16.6 Å². The van der Waals surface area contributed by atoms with Crippen LogP contribution in [-0.4, -0.2) is 10.8 Å². The van der Waals surface area contributed by atoms with E-state index in [2.05, 4.69) is 4.98 Å². The fourth-order valence-corrected chi connectivity index (χ4v) is 2.16. The highest BCUT2D eigenvalue weighted by Gasteiger charge is 2.12. The van der Waals surface area contributed by atoms with Crippen LogP contribution in [-0.2, 0) is 0 Å². The molecule has 2 rings (SSSR count). The SMILES string of the molecule is N=C(N)c1ccnc(Oc2cc(Cl)cc(Cl)c2)c1Cl. The van der Waals surface area contributed by atoms with Crippen molar-refractivity contribution in [3.05, 3.63) is 51.1 Å². The molecule has 0 spiro atoms. The van der Waals surface area contributed by atoms with Crippen LogP contribution in [0.3, 0.4) is 0 Å². The zero-order valence-electron chi connectivity index (χ0n) is 9.45. The van der Waals surface area contributed by atoms with Crippen molar-refractivity contribution >= 4 is 40.6 Å². The van der Waals surface area contributed by atoms with Gasteiger partial charge in [0.05, 0.1) is 0 Å². The van der Waals surface area contributed by atoms with E-state index in [4.69, 9.17) is 50.7 Å². The number of rotatable bonds is 3. The highest BCUT2D eigenvalue weighted by molar-refractivity contribution is 6.35. The van der Waals surface area contributed by atoms with Crippen molar-refractivity contribution in [3.63, 3.8) is 0 Å². The molecule has 0 radical (unpaired) electrons. The molecule has 0 unspecified atom stereocenters. The van der Waals surface area contributed by atoms with E-state index in [0.29, 0.717) is 21.4 Å². The third-order valence-corrected chi connectivity index (χ3v) is 3.00. The van der Waals surface area contributed by atoms with Gasteiger partial charge in [0.2, 0.25) is 5.88 Å². The molecule has 0 aliphatic rings. The van der Waals surface area contributed by atoms with Crippen molar-refractivity contribution in [2.45, 2.75) is 0 Å². The molecule has 1 aromatic carbocycles.